The molecule has 1 N–H and O–H groups in total. The first-order chi connectivity index (χ1) is 11.4. The van der Waals surface area contributed by atoms with Gasteiger partial charge in [-0.15, -0.1) is 11.8 Å². The molecule has 1 aromatic heterocycles. The summed E-state index contributed by atoms with van der Waals surface area (Å²) in [5, 5.41) is 12.7. The summed E-state index contributed by atoms with van der Waals surface area (Å²) in [6.45, 7) is 3.47. The molecule has 1 unspecified atom stereocenters. The van der Waals surface area contributed by atoms with Gasteiger partial charge in [0.05, 0.1) is 17.2 Å². The van der Waals surface area contributed by atoms with Crippen molar-refractivity contribution >= 4 is 23.6 Å². The highest BCUT2D eigenvalue weighted by Crippen LogP contribution is 2.26. The van der Waals surface area contributed by atoms with E-state index in [0.717, 1.165) is 4.90 Å². The second-order valence-electron chi connectivity index (χ2n) is 5.45. The van der Waals surface area contributed by atoms with Crippen LogP contribution in [-0.4, -0.2) is 45.6 Å². The molecule has 24 heavy (non-hydrogen) atoms. The average molecular weight is 349 g/mol. The van der Waals surface area contributed by atoms with Gasteiger partial charge in [-0.25, -0.2) is 0 Å². The van der Waals surface area contributed by atoms with Gasteiger partial charge in [-0.2, -0.15) is 4.98 Å². The number of amides is 1. The van der Waals surface area contributed by atoms with Crippen LogP contribution >= 0.6 is 11.8 Å². The number of hydrogen-bond acceptors (Lipinski definition) is 6. The van der Waals surface area contributed by atoms with E-state index in [1.807, 2.05) is 12.1 Å². The zero-order chi connectivity index (χ0) is 17.7. The van der Waals surface area contributed by atoms with E-state index in [1.165, 1.54) is 16.7 Å². The Balaban J connectivity index is 2.09. The Hall–Kier alpha value is -2.35. The first kappa shape index (κ1) is 18.0. The van der Waals surface area contributed by atoms with Crippen molar-refractivity contribution in [1.82, 2.24) is 15.0 Å². The first-order valence-electron chi connectivity index (χ1n) is 7.37. The number of nitrogens with zero attached hydrogens (tertiary/aromatic N) is 3. The average Bonchev–Trinajstić information content (AvgIpc) is 2.97. The number of hydrogen-bond donors (Lipinski definition) is 1. The summed E-state index contributed by atoms with van der Waals surface area (Å²) in [6.07, 6.45) is 0. The Morgan fingerprint density at radius 1 is 1.38 bits per heavy atom. The van der Waals surface area contributed by atoms with E-state index >= 15 is 0 Å². The molecule has 1 amide bonds. The molecule has 7 nitrogen and oxygen atoms in total. The van der Waals surface area contributed by atoms with Crippen molar-refractivity contribution in [1.29, 1.82) is 0 Å². The number of carboxylic acid groups (broad SMARTS) is 1. The molecule has 0 spiro atoms. The summed E-state index contributed by atoms with van der Waals surface area (Å²) >= 11 is 1.42. The largest absolute Gasteiger partial charge is 0.481 e. The fraction of sp³-hybridized carbons (Fsp3) is 0.375. The van der Waals surface area contributed by atoms with Crippen LogP contribution in [0.15, 0.2) is 33.7 Å². The summed E-state index contributed by atoms with van der Waals surface area (Å²) in [6, 6.07) is 7.20. The third-order valence-corrected chi connectivity index (χ3v) is 4.41. The van der Waals surface area contributed by atoms with Crippen molar-refractivity contribution in [2.75, 3.05) is 13.6 Å². The van der Waals surface area contributed by atoms with Crippen molar-refractivity contribution in [3.05, 3.63) is 41.5 Å². The summed E-state index contributed by atoms with van der Waals surface area (Å²) in [5.41, 5.74) is 0.527. The molecule has 2 rings (SSSR count). The molecule has 128 valence electrons. The minimum absolute atomic E-state index is 0.149. The first-order valence-corrected chi connectivity index (χ1v) is 8.36. The molecule has 2 aromatic rings. The zero-order valence-electron chi connectivity index (χ0n) is 13.7. The number of aromatic nitrogens is 2. The number of aryl methyl sites for hydroxylation is 1. The Bertz CT molecular complexity index is 732. The maximum Gasteiger partial charge on any atom is 0.308 e. The highest BCUT2D eigenvalue weighted by Gasteiger charge is 2.20. The van der Waals surface area contributed by atoms with Gasteiger partial charge in [0.15, 0.2) is 5.82 Å². The second-order valence-corrected chi connectivity index (χ2v) is 6.46. The van der Waals surface area contributed by atoms with Gasteiger partial charge in [0, 0.05) is 18.5 Å². The van der Waals surface area contributed by atoms with E-state index in [9.17, 15) is 9.59 Å². The third kappa shape index (κ3) is 4.58. The van der Waals surface area contributed by atoms with Gasteiger partial charge in [-0.3, -0.25) is 9.59 Å². The lowest BCUT2D eigenvalue weighted by atomic mass is 10.1. The minimum Gasteiger partial charge on any atom is -0.481 e. The number of carboxylic acids is 1. The topological polar surface area (TPSA) is 96.5 Å². The lowest BCUT2D eigenvalue weighted by Gasteiger charge is -2.20. The zero-order valence-corrected chi connectivity index (χ0v) is 14.5. The molecule has 0 saturated carbocycles. The van der Waals surface area contributed by atoms with E-state index < -0.39 is 11.9 Å². The molecule has 1 atom stereocenters. The Kier molecular flexibility index (Phi) is 5.97. The smallest absolute Gasteiger partial charge is 0.308 e. The van der Waals surface area contributed by atoms with Crippen molar-refractivity contribution < 1.29 is 19.2 Å². The van der Waals surface area contributed by atoms with Gasteiger partial charge in [0.2, 0.25) is 5.89 Å². The summed E-state index contributed by atoms with van der Waals surface area (Å²) in [7, 11) is 1.60. The highest BCUT2D eigenvalue weighted by molar-refractivity contribution is 7.98. The van der Waals surface area contributed by atoms with E-state index in [2.05, 4.69) is 10.1 Å². The molecule has 1 aromatic carbocycles. The molecule has 0 saturated heterocycles. The van der Waals surface area contributed by atoms with Crippen LogP contribution < -0.4 is 0 Å². The van der Waals surface area contributed by atoms with E-state index in [-0.39, 0.29) is 12.5 Å². The van der Waals surface area contributed by atoms with E-state index in [4.69, 9.17) is 9.63 Å². The molecule has 8 heteroatoms. The van der Waals surface area contributed by atoms with Crippen LogP contribution in [0, 0.1) is 12.8 Å². The van der Waals surface area contributed by atoms with Crippen LogP contribution in [0.5, 0.6) is 0 Å². The quantitative estimate of drug-likeness (QED) is 0.767. The van der Waals surface area contributed by atoms with Crippen LogP contribution in [-0.2, 0) is 10.5 Å². The van der Waals surface area contributed by atoms with Crippen molar-refractivity contribution in [2.45, 2.75) is 24.5 Å². The standard InChI is InChI=1S/C16H19N3O4S/c1-10(16(21)22)8-19(3)15(20)12-6-4-5-7-13(12)24-9-14-17-11(2)18-23-14/h4-7,10H,8-9H2,1-3H3,(H,21,22). The van der Waals surface area contributed by atoms with Gasteiger partial charge in [0.25, 0.3) is 5.91 Å². The van der Waals surface area contributed by atoms with Gasteiger partial charge >= 0.3 is 5.97 Å². The maximum absolute atomic E-state index is 12.6. The number of thioether (sulfide) groups is 1. The normalized spacial score (nSPS) is 12.0. The SMILES string of the molecule is Cc1noc(CSc2ccccc2C(=O)N(C)CC(C)C(=O)O)n1. The van der Waals surface area contributed by atoms with Crippen LogP contribution in [0.1, 0.15) is 29.0 Å². The lowest BCUT2D eigenvalue weighted by molar-refractivity contribution is -0.141. The molecule has 0 aliphatic heterocycles. The fourth-order valence-electron chi connectivity index (χ4n) is 2.08. The molecule has 0 fully saturated rings. The third-order valence-electron chi connectivity index (χ3n) is 3.35. The summed E-state index contributed by atoms with van der Waals surface area (Å²) < 4.78 is 5.07. The molecule has 0 aliphatic rings. The molecule has 0 radical (unpaired) electrons. The van der Waals surface area contributed by atoms with Crippen LogP contribution in [0.4, 0.5) is 0 Å². The highest BCUT2D eigenvalue weighted by atomic mass is 32.2. The van der Waals surface area contributed by atoms with Gasteiger partial charge in [0.1, 0.15) is 0 Å². The van der Waals surface area contributed by atoms with Gasteiger partial charge in [-0.05, 0) is 19.1 Å². The van der Waals surface area contributed by atoms with Crippen LogP contribution in [0.3, 0.4) is 0 Å². The molecule has 0 bridgehead atoms. The number of carbonyl (C=O) groups is 2. The number of aliphatic carboxylic acids is 1. The molecular weight excluding hydrogens is 330 g/mol. The number of rotatable bonds is 7. The van der Waals surface area contributed by atoms with Gasteiger partial charge in [-0.1, -0.05) is 24.2 Å². The van der Waals surface area contributed by atoms with E-state index in [0.29, 0.717) is 23.0 Å². The molecule has 1 heterocycles. The van der Waals surface area contributed by atoms with Gasteiger partial charge < -0.3 is 14.5 Å². The number of carbonyl (C=O) groups excluding carboxylic acids is 1. The predicted octanol–water partition coefficient (Wildman–Crippen LogP) is 2.46. The molecular formula is C16H19N3O4S. The molecule has 0 aliphatic carbocycles. The summed E-state index contributed by atoms with van der Waals surface area (Å²) in [4.78, 5) is 29.9. The minimum atomic E-state index is -0.927. The summed E-state index contributed by atoms with van der Waals surface area (Å²) in [5.74, 6) is -0.248. The van der Waals surface area contributed by atoms with Crippen molar-refractivity contribution in [2.24, 2.45) is 5.92 Å². The fourth-order valence-corrected chi connectivity index (χ4v) is 2.97. The Morgan fingerprint density at radius 3 is 2.71 bits per heavy atom. The second kappa shape index (κ2) is 7.96. The monoisotopic (exact) mass is 349 g/mol. The van der Waals surface area contributed by atoms with Crippen LogP contribution in [0.25, 0.3) is 0 Å². The predicted molar refractivity (Wildman–Crippen MR) is 88.8 cm³/mol. The Labute approximate surface area is 144 Å². The van der Waals surface area contributed by atoms with Crippen molar-refractivity contribution in [3.63, 3.8) is 0 Å². The maximum atomic E-state index is 12.6. The van der Waals surface area contributed by atoms with Crippen LogP contribution in [0.2, 0.25) is 0 Å². The Morgan fingerprint density at radius 2 is 2.08 bits per heavy atom. The van der Waals surface area contributed by atoms with Crippen molar-refractivity contribution in [3.8, 4) is 0 Å². The number of benzene rings is 1. The lowest BCUT2D eigenvalue weighted by Crippen LogP contribution is -2.33. The van der Waals surface area contributed by atoms with E-state index in [1.54, 1.807) is 33.0 Å².